The maximum Gasteiger partial charge on any atom is 0.269 e. The summed E-state index contributed by atoms with van der Waals surface area (Å²) in [5.41, 5.74) is 2.60. The monoisotopic (exact) mass is 392 g/mol. The van der Waals surface area contributed by atoms with Crippen LogP contribution in [0, 0.1) is 0 Å². The number of nitrogens with one attached hydrogen (secondary N) is 2. The molecule has 0 saturated heterocycles. The van der Waals surface area contributed by atoms with Crippen LogP contribution in [-0.4, -0.2) is 37.9 Å². The summed E-state index contributed by atoms with van der Waals surface area (Å²) in [6, 6.07) is 13.0. The number of carbonyl (C=O) groups excluding carboxylic acids is 1. The van der Waals surface area contributed by atoms with Crippen LogP contribution in [0.1, 0.15) is 23.3 Å². The summed E-state index contributed by atoms with van der Waals surface area (Å²) < 4.78 is 12.6. The molecule has 0 atom stereocenters. The molecule has 0 unspecified atom stereocenters. The van der Waals surface area contributed by atoms with Crippen molar-refractivity contribution in [1.82, 2.24) is 30.2 Å². The second kappa shape index (κ2) is 8.01. The molecular formula is C20H20N6O3. The molecule has 9 heteroatoms. The first-order valence-corrected chi connectivity index (χ1v) is 9.14. The van der Waals surface area contributed by atoms with E-state index in [9.17, 15) is 4.79 Å². The standard InChI is InChI=1S/C20H20N6O3/c1-3-26-10-6-8-16(26)19-22-18(29-25-19)12-21-20(27)15-11-14(23-24-15)13-7-4-5-9-17(13)28-2/h4-11H,3,12H2,1-2H3,(H,21,27)(H,23,24). The van der Waals surface area contributed by atoms with Gasteiger partial charge in [0.15, 0.2) is 0 Å². The molecule has 0 aliphatic rings. The maximum atomic E-state index is 12.4. The molecule has 29 heavy (non-hydrogen) atoms. The Morgan fingerprint density at radius 2 is 2.14 bits per heavy atom. The Balaban J connectivity index is 1.43. The zero-order valence-corrected chi connectivity index (χ0v) is 16.0. The van der Waals surface area contributed by atoms with Crippen molar-refractivity contribution in [3.63, 3.8) is 0 Å². The number of aromatic nitrogens is 5. The average molecular weight is 392 g/mol. The molecule has 3 aromatic heterocycles. The number of H-pyrrole nitrogens is 1. The number of hydrogen-bond acceptors (Lipinski definition) is 6. The number of nitrogens with zero attached hydrogens (tertiary/aromatic N) is 4. The molecule has 0 spiro atoms. The van der Waals surface area contributed by atoms with Gasteiger partial charge in [-0.3, -0.25) is 9.89 Å². The van der Waals surface area contributed by atoms with Crippen LogP contribution in [0.4, 0.5) is 0 Å². The third-order valence-electron chi connectivity index (χ3n) is 4.47. The first kappa shape index (κ1) is 18.5. The maximum absolute atomic E-state index is 12.4. The van der Waals surface area contributed by atoms with Gasteiger partial charge < -0.3 is 19.1 Å². The number of ether oxygens (including phenoxy) is 1. The highest BCUT2D eigenvalue weighted by atomic mass is 16.5. The van der Waals surface area contributed by atoms with Gasteiger partial charge in [0.1, 0.15) is 11.4 Å². The summed E-state index contributed by atoms with van der Waals surface area (Å²) in [4.78, 5) is 16.8. The minimum atomic E-state index is -0.324. The largest absolute Gasteiger partial charge is 0.496 e. The quantitative estimate of drug-likeness (QED) is 0.500. The van der Waals surface area contributed by atoms with Crippen molar-refractivity contribution in [3.05, 3.63) is 60.2 Å². The molecule has 3 heterocycles. The van der Waals surface area contributed by atoms with Crippen molar-refractivity contribution in [2.75, 3.05) is 7.11 Å². The number of aryl methyl sites for hydroxylation is 1. The second-order valence-electron chi connectivity index (χ2n) is 6.24. The van der Waals surface area contributed by atoms with E-state index in [0.29, 0.717) is 28.9 Å². The van der Waals surface area contributed by atoms with Gasteiger partial charge in [-0.2, -0.15) is 10.1 Å². The molecule has 2 N–H and O–H groups in total. The Bertz CT molecular complexity index is 1130. The smallest absolute Gasteiger partial charge is 0.269 e. The Hall–Kier alpha value is -3.88. The Labute approximate surface area is 166 Å². The molecule has 0 aliphatic carbocycles. The summed E-state index contributed by atoms with van der Waals surface area (Å²) in [6.07, 6.45) is 1.95. The number of aromatic amines is 1. The minimum Gasteiger partial charge on any atom is -0.496 e. The molecule has 0 radical (unpaired) electrons. The molecule has 9 nitrogen and oxygen atoms in total. The van der Waals surface area contributed by atoms with Crippen LogP contribution in [0.15, 0.2) is 53.2 Å². The van der Waals surface area contributed by atoms with Gasteiger partial charge in [0.25, 0.3) is 5.91 Å². The lowest BCUT2D eigenvalue weighted by Gasteiger charge is -2.04. The highest BCUT2D eigenvalue weighted by molar-refractivity contribution is 5.93. The lowest BCUT2D eigenvalue weighted by atomic mass is 10.1. The van der Waals surface area contributed by atoms with Gasteiger partial charge >= 0.3 is 0 Å². The number of benzene rings is 1. The van der Waals surface area contributed by atoms with Crippen LogP contribution < -0.4 is 10.1 Å². The van der Waals surface area contributed by atoms with Gasteiger partial charge in [0.05, 0.1) is 25.0 Å². The van der Waals surface area contributed by atoms with Crippen molar-refractivity contribution in [2.24, 2.45) is 0 Å². The summed E-state index contributed by atoms with van der Waals surface area (Å²) in [6.45, 7) is 2.95. The fourth-order valence-electron chi connectivity index (χ4n) is 3.01. The lowest BCUT2D eigenvalue weighted by molar-refractivity contribution is 0.0941. The Morgan fingerprint density at radius 3 is 2.97 bits per heavy atom. The molecule has 4 rings (SSSR count). The zero-order valence-electron chi connectivity index (χ0n) is 16.0. The number of para-hydroxylation sites is 1. The molecule has 0 bridgehead atoms. The number of hydrogen-bond donors (Lipinski definition) is 2. The van der Waals surface area contributed by atoms with Gasteiger partial charge in [0.2, 0.25) is 11.7 Å². The fourth-order valence-corrected chi connectivity index (χ4v) is 3.01. The van der Waals surface area contributed by atoms with Crippen molar-refractivity contribution in [3.8, 4) is 28.5 Å². The zero-order chi connectivity index (χ0) is 20.2. The molecule has 148 valence electrons. The van der Waals surface area contributed by atoms with Crippen LogP contribution >= 0.6 is 0 Å². The molecule has 0 fully saturated rings. The van der Waals surface area contributed by atoms with Crippen molar-refractivity contribution >= 4 is 5.91 Å². The molecule has 0 saturated carbocycles. The van der Waals surface area contributed by atoms with Gasteiger partial charge in [-0.15, -0.1) is 0 Å². The van der Waals surface area contributed by atoms with Crippen LogP contribution in [0.2, 0.25) is 0 Å². The SMILES string of the molecule is CCn1cccc1-c1noc(CNC(=O)c2cc(-c3ccccc3OC)n[nH]2)n1. The minimum absolute atomic E-state index is 0.113. The topological polar surface area (TPSA) is 111 Å². The number of methoxy groups -OCH3 is 1. The van der Waals surface area contributed by atoms with Gasteiger partial charge in [-0.25, -0.2) is 0 Å². The first-order valence-electron chi connectivity index (χ1n) is 9.14. The van der Waals surface area contributed by atoms with Gasteiger partial charge in [-0.05, 0) is 37.3 Å². The van der Waals surface area contributed by atoms with E-state index in [4.69, 9.17) is 9.26 Å². The van der Waals surface area contributed by atoms with Crippen molar-refractivity contribution in [1.29, 1.82) is 0 Å². The van der Waals surface area contributed by atoms with Crippen LogP contribution in [0.3, 0.4) is 0 Å². The Morgan fingerprint density at radius 1 is 1.28 bits per heavy atom. The van der Waals surface area contributed by atoms with Crippen LogP contribution in [0.25, 0.3) is 22.8 Å². The third-order valence-corrected chi connectivity index (χ3v) is 4.47. The van der Waals surface area contributed by atoms with Gasteiger partial charge in [-0.1, -0.05) is 17.3 Å². The van der Waals surface area contributed by atoms with E-state index in [1.807, 2.05) is 54.1 Å². The fraction of sp³-hybridized carbons (Fsp3) is 0.200. The highest BCUT2D eigenvalue weighted by Gasteiger charge is 2.16. The third kappa shape index (κ3) is 3.75. The summed E-state index contributed by atoms with van der Waals surface area (Å²) in [5.74, 6) is 1.17. The van der Waals surface area contributed by atoms with Crippen LogP contribution in [0.5, 0.6) is 5.75 Å². The van der Waals surface area contributed by atoms with E-state index in [1.54, 1.807) is 13.2 Å². The van der Waals surface area contributed by atoms with E-state index in [-0.39, 0.29) is 12.5 Å². The number of carbonyl (C=O) groups is 1. The average Bonchev–Trinajstić information content (AvgIpc) is 3.51. The molecule has 4 aromatic rings. The predicted octanol–water partition coefficient (Wildman–Crippen LogP) is 2.89. The summed E-state index contributed by atoms with van der Waals surface area (Å²) >= 11 is 0. The van der Waals surface area contributed by atoms with Crippen molar-refractivity contribution < 1.29 is 14.1 Å². The van der Waals surface area contributed by atoms with Gasteiger partial charge in [0, 0.05) is 18.3 Å². The van der Waals surface area contributed by atoms with Crippen molar-refractivity contribution in [2.45, 2.75) is 20.0 Å². The summed E-state index contributed by atoms with van der Waals surface area (Å²) in [5, 5.41) is 13.7. The Kier molecular flexibility index (Phi) is 5.10. The second-order valence-corrected chi connectivity index (χ2v) is 6.24. The van der Waals surface area contributed by atoms with E-state index < -0.39 is 0 Å². The first-order chi connectivity index (χ1) is 14.2. The van der Waals surface area contributed by atoms with E-state index in [0.717, 1.165) is 17.8 Å². The molecular weight excluding hydrogens is 372 g/mol. The van der Waals surface area contributed by atoms with E-state index in [2.05, 4.69) is 25.7 Å². The van der Waals surface area contributed by atoms with Crippen LogP contribution in [-0.2, 0) is 13.1 Å². The lowest BCUT2D eigenvalue weighted by Crippen LogP contribution is -2.23. The molecule has 1 amide bonds. The predicted molar refractivity (Wildman–Crippen MR) is 105 cm³/mol. The summed E-state index contributed by atoms with van der Waals surface area (Å²) in [7, 11) is 1.59. The van der Waals surface area contributed by atoms with E-state index in [1.165, 1.54) is 0 Å². The molecule has 0 aliphatic heterocycles. The van der Waals surface area contributed by atoms with E-state index >= 15 is 0 Å². The normalized spacial score (nSPS) is 10.8. The number of amides is 1. The molecule has 1 aromatic carbocycles. The number of rotatable bonds is 7. The highest BCUT2D eigenvalue weighted by Crippen LogP contribution is 2.28.